The van der Waals surface area contributed by atoms with Gasteiger partial charge in [-0.2, -0.15) is 0 Å². The first-order valence-corrected chi connectivity index (χ1v) is 12.3. The van der Waals surface area contributed by atoms with Gasteiger partial charge in [-0.15, -0.1) is 0 Å². The van der Waals surface area contributed by atoms with E-state index >= 15 is 0 Å². The first-order chi connectivity index (χ1) is 16.6. The maximum Gasteiger partial charge on any atom is 0.275 e. The molecule has 0 radical (unpaired) electrons. The van der Waals surface area contributed by atoms with E-state index in [1.54, 1.807) is 7.11 Å². The van der Waals surface area contributed by atoms with Gasteiger partial charge < -0.3 is 24.1 Å². The molecule has 0 spiro atoms. The third-order valence-corrected chi connectivity index (χ3v) is 6.67. The zero-order valence-corrected chi connectivity index (χ0v) is 20.4. The van der Waals surface area contributed by atoms with Gasteiger partial charge in [0.25, 0.3) is 5.91 Å². The molecule has 1 N–H and O–H groups in total. The molecule has 1 aromatic carbocycles. The summed E-state index contributed by atoms with van der Waals surface area (Å²) >= 11 is 0. The molecule has 1 aromatic heterocycles. The number of hydrogen-bond acceptors (Lipinski definition) is 8. The normalized spacial score (nSPS) is 18.8. The molecule has 2 fully saturated rings. The fraction of sp³-hybridized carbons (Fsp3) is 0.600. The van der Waals surface area contributed by atoms with Crippen molar-refractivity contribution >= 4 is 11.6 Å². The number of β-amino-alcohol motifs (C(OH)–C–C–N with tert-alkyl or cyclic N) is 1. The topological polar surface area (TPSA) is 85.5 Å². The standard InChI is InChI=1S/C25H37N5O4/c1-3-5-21(31)17-27-8-10-28(11-9-27)18-24-26-23(19-34-24)25(32)30-14-12-29(13-15-30)20-6-4-7-22(16-20)33-2/h4,6-7,16,19,21,31H,3,5,8-15,17-18H2,1-2H3. The molecule has 1 amide bonds. The lowest BCUT2D eigenvalue weighted by molar-refractivity contribution is 0.0634. The lowest BCUT2D eigenvalue weighted by Gasteiger charge is -2.35. The number of hydrogen-bond donors (Lipinski definition) is 1. The van der Waals surface area contributed by atoms with Crippen molar-refractivity contribution in [2.45, 2.75) is 32.4 Å². The Kier molecular flexibility index (Phi) is 8.42. The van der Waals surface area contributed by atoms with Crippen LogP contribution >= 0.6 is 0 Å². The molecule has 2 saturated heterocycles. The van der Waals surface area contributed by atoms with E-state index in [1.165, 1.54) is 6.26 Å². The van der Waals surface area contributed by atoms with E-state index in [4.69, 9.17) is 9.15 Å². The van der Waals surface area contributed by atoms with Gasteiger partial charge in [0.2, 0.25) is 5.89 Å². The molecule has 1 atom stereocenters. The number of carbonyl (C=O) groups is 1. The molecule has 0 bridgehead atoms. The Morgan fingerprint density at radius 2 is 1.85 bits per heavy atom. The molecule has 2 aliphatic rings. The number of aliphatic hydroxyl groups excluding tert-OH is 1. The Labute approximate surface area is 201 Å². The molecule has 0 saturated carbocycles. The molecule has 9 nitrogen and oxygen atoms in total. The van der Waals surface area contributed by atoms with E-state index in [0.29, 0.717) is 31.2 Å². The number of carbonyl (C=O) groups excluding carboxylic acids is 1. The second kappa shape index (κ2) is 11.7. The predicted octanol–water partition coefficient (Wildman–Crippen LogP) is 1.92. The van der Waals surface area contributed by atoms with Crippen molar-refractivity contribution in [1.29, 1.82) is 0 Å². The van der Waals surface area contributed by atoms with E-state index < -0.39 is 0 Å². The van der Waals surface area contributed by atoms with Gasteiger partial charge in [0, 0.05) is 70.7 Å². The van der Waals surface area contributed by atoms with Crippen molar-refractivity contribution in [3.8, 4) is 5.75 Å². The Bertz CT molecular complexity index is 920. The van der Waals surface area contributed by atoms with Crippen LogP contribution in [0.4, 0.5) is 5.69 Å². The molecule has 186 valence electrons. The number of ether oxygens (including phenoxy) is 1. The molecular formula is C25H37N5O4. The van der Waals surface area contributed by atoms with Crippen LogP contribution in [0.25, 0.3) is 0 Å². The highest BCUT2D eigenvalue weighted by molar-refractivity contribution is 5.92. The summed E-state index contributed by atoms with van der Waals surface area (Å²) in [5.41, 5.74) is 1.49. The number of anilines is 1. The van der Waals surface area contributed by atoms with Crippen LogP contribution in [0.2, 0.25) is 0 Å². The minimum absolute atomic E-state index is 0.0741. The van der Waals surface area contributed by atoms with Gasteiger partial charge in [-0.1, -0.05) is 19.4 Å². The predicted molar refractivity (Wildman–Crippen MR) is 130 cm³/mol. The molecule has 0 aliphatic carbocycles. The summed E-state index contributed by atoms with van der Waals surface area (Å²) in [6.07, 6.45) is 3.10. The Balaban J connectivity index is 1.23. The highest BCUT2D eigenvalue weighted by Gasteiger charge is 2.26. The molecule has 34 heavy (non-hydrogen) atoms. The van der Waals surface area contributed by atoms with Crippen LogP contribution in [-0.2, 0) is 6.54 Å². The number of piperazine rings is 2. The van der Waals surface area contributed by atoms with Crippen LogP contribution in [-0.4, -0.2) is 103 Å². The Morgan fingerprint density at radius 3 is 2.56 bits per heavy atom. The molecule has 2 aromatic rings. The summed E-state index contributed by atoms with van der Waals surface area (Å²) in [6.45, 7) is 9.89. The summed E-state index contributed by atoms with van der Waals surface area (Å²) in [5, 5.41) is 10.0. The number of aliphatic hydroxyl groups is 1. The van der Waals surface area contributed by atoms with Crippen molar-refractivity contribution in [1.82, 2.24) is 19.7 Å². The minimum Gasteiger partial charge on any atom is -0.497 e. The van der Waals surface area contributed by atoms with Gasteiger partial charge >= 0.3 is 0 Å². The fourth-order valence-electron chi connectivity index (χ4n) is 4.66. The number of nitrogens with zero attached hydrogens (tertiary/aromatic N) is 5. The lowest BCUT2D eigenvalue weighted by atomic mass is 10.2. The Hall–Kier alpha value is -2.62. The summed E-state index contributed by atoms with van der Waals surface area (Å²) in [7, 11) is 1.67. The third-order valence-electron chi connectivity index (χ3n) is 6.67. The fourth-order valence-corrected chi connectivity index (χ4v) is 4.66. The van der Waals surface area contributed by atoms with Crippen LogP contribution in [0, 0.1) is 0 Å². The van der Waals surface area contributed by atoms with Gasteiger partial charge in [-0.05, 0) is 18.6 Å². The first kappa shape index (κ1) is 24.5. The first-order valence-electron chi connectivity index (χ1n) is 12.3. The molecule has 1 unspecified atom stereocenters. The molecule has 2 aliphatic heterocycles. The zero-order valence-electron chi connectivity index (χ0n) is 20.4. The number of amides is 1. The second-order valence-corrected chi connectivity index (χ2v) is 9.13. The van der Waals surface area contributed by atoms with E-state index in [1.807, 2.05) is 23.1 Å². The van der Waals surface area contributed by atoms with Gasteiger partial charge in [-0.25, -0.2) is 4.98 Å². The third kappa shape index (κ3) is 6.28. The molecule has 9 heteroatoms. The van der Waals surface area contributed by atoms with E-state index in [9.17, 15) is 9.90 Å². The van der Waals surface area contributed by atoms with Crippen LogP contribution in [0.1, 0.15) is 36.1 Å². The summed E-state index contributed by atoms with van der Waals surface area (Å²) in [6, 6.07) is 8.01. The lowest BCUT2D eigenvalue weighted by Crippen LogP contribution is -2.49. The number of rotatable bonds is 9. The second-order valence-electron chi connectivity index (χ2n) is 9.13. The van der Waals surface area contributed by atoms with Crippen molar-refractivity contribution in [3.63, 3.8) is 0 Å². The van der Waals surface area contributed by atoms with E-state index in [-0.39, 0.29) is 12.0 Å². The van der Waals surface area contributed by atoms with Gasteiger partial charge in [0.1, 0.15) is 12.0 Å². The summed E-state index contributed by atoms with van der Waals surface area (Å²) in [5.74, 6) is 1.34. The SMILES string of the molecule is CCCC(O)CN1CCN(Cc2nc(C(=O)N3CCN(c4cccc(OC)c4)CC3)co2)CC1. The Morgan fingerprint density at radius 1 is 1.12 bits per heavy atom. The average Bonchev–Trinajstić information content (AvgIpc) is 3.33. The van der Waals surface area contributed by atoms with Crippen LogP contribution in [0.15, 0.2) is 34.9 Å². The van der Waals surface area contributed by atoms with Crippen molar-refractivity contribution in [2.75, 3.05) is 70.9 Å². The average molecular weight is 472 g/mol. The van der Waals surface area contributed by atoms with Crippen LogP contribution in [0.3, 0.4) is 0 Å². The summed E-state index contributed by atoms with van der Waals surface area (Å²) < 4.78 is 11.0. The minimum atomic E-state index is -0.241. The number of aromatic nitrogens is 1. The number of methoxy groups -OCH3 is 1. The van der Waals surface area contributed by atoms with Gasteiger partial charge in [-0.3, -0.25) is 14.6 Å². The maximum atomic E-state index is 13.0. The van der Waals surface area contributed by atoms with Crippen LogP contribution in [0.5, 0.6) is 5.75 Å². The monoisotopic (exact) mass is 471 g/mol. The quantitative estimate of drug-likeness (QED) is 0.594. The highest BCUT2D eigenvalue weighted by Crippen LogP contribution is 2.22. The van der Waals surface area contributed by atoms with Crippen LogP contribution < -0.4 is 9.64 Å². The summed E-state index contributed by atoms with van der Waals surface area (Å²) in [4.78, 5) is 26.2. The van der Waals surface area contributed by atoms with Crippen molar-refractivity contribution in [2.24, 2.45) is 0 Å². The van der Waals surface area contributed by atoms with Gasteiger partial charge in [0.15, 0.2) is 5.69 Å². The smallest absolute Gasteiger partial charge is 0.275 e. The van der Waals surface area contributed by atoms with E-state index in [0.717, 1.165) is 70.1 Å². The highest BCUT2D eigenvalue weighted by atomic mass is 16.5. The van der Waals surface area contributed by atoms with Gasteiger partial charge in [0.05, 0.1) is 19.8 Å². The van der Waals surface area contributed by atoms with Crippen molar-refractivity contribution in [3.05, 3.63) is 42.1 Å². The largest absolute Gasteiger partial charge is 0.497 e. The van der Waals surface area contributed by atoms with Crippen molar-refractivity contribution < 1.29 is 19.1 Å². The molecular weight excluding hydrogens is 434 g/mol. The molecule has 4 rings (SSSR count). The zero-order chi connectivity index (χ0) is 23.9. The number of benzene rings is 1. The van der Waals surface area contributed by atoms with E-state index in [2.05, 4.69) is 32.7 Å². The number of oxazole rings is 1. The molecule has 3 heterocycles. The maximum absolute atomic E-state index is 13.0.